The average molecular weight is 286 g/mol. The zero-order valence-corrected chi connectivity index (χ0v) is 12.5. The molecule has 1 amide bonds. The van der Waals surface area contributed by atoms with Gasteiger partial charge in [0.1, 0.15) is 10.0 Å². The van der Waals surface area contributed by atoms with E-state index in [9.17, 15) is 4.79 Å². The average Bonchev–Trinajstić information content (AvgIpc) is 2.96. The number of hydrogen-bond donors (Lipinski definition) is 2. The first-order chi connectivity index (χ1) is 8.47. The Kier molecular flexibility index (Phi) is 4.24. The lowest BCUT2D eigenvalue weighted by Gasteiger charge is -2.12. The van der Waals surface area contributed by atoms with Gasteiger partial charge in [-0.15, -0.1) is 22.0 Å². The highest BCUT2D eigenvalue weighted by Gasteiger charge is 2.23. The Hall–Kier alpha value is -0.660. The molecular weight excluding hydrogens is 268 g/mol. The molecule has 0 bridgehead atoms. The molecule has 1 aromatic heterocycles. The van der Waals surface area contributed by atoms with Gasteiger partial charge in [0.2, 0.25) is 5.91 Å². The first kappa shape index (κ1) is 13.8. The Labute approximate surface area is 115 Å². The normalized spacial score (nSPS) is 20.1. The molecule has 1 saturated heterocycles. The fourth-order valence-corrected chi connectivity index (χ4v) is 3.26. The quantitative estimate of drug-likeness (QED) is 0.871. The molecule has 1 aromatic rings. The zero-order valence-electron chi connectivity index (χ0n) is 10.8. The molecule has 0 saturated carbocycles. The van der Waals surface area contributed by atoms with E-state index in [4.69, 9.17) is 0 Å². The van der Waals surface area contributed by atoms with Crippen molar-refractivity contribution in [3.05, 3.63) is 10.0 Å². The maximum absolute atomic E-state index is 11.8. The molecule has 2 rings (SSSR count). The van der Waals surface area contributed by atoms with Gasteiger partial charge in [0.25, 0.3) is 0 Å². The second kappa shape index (κ2) is 5.54. The number of nitrogens with one attached hydrogen (secondary N) is 2. The number of amides is 1. The third-order valence-electron chi connectivity index (χ3n) is 2.56. The van der Waals surface area contributed by atoms with Crippen molar-refractivity contribution in [1.29, 1.82) is 0 Å². The van der Waals surface area contributed by atoms with E-state index in [1.54, 1.807) is 23.1 Å². The standard InChI is InChI=1S/C11H18N4OS2/c1-11(2,3)10-15-14-8(18-10)4-12-9(16)7-5-17-6-13-7/h7,13H,4-6H2,1-3H3,(H,12,16). The number of nitrogens with zero attached hydrogens (tertiary/aromatic N) is 2. The smallest absolute Gasteiger partial charge is 0.238 e. The first-order valence-electron chi connectivity index (χ1n) is 5.88. The summed E-state index contributed by atoms with van der Waals surface area (Å²) in [5.74, 6) is 1.74. The lowest BCUT2D eigenvalue weighted by molar-refractivity contribution is -0.122. The summed E-state index contributed by atoms with van der Waals surface area (Å²) in [6, 6.07) is -0.0648. The highest BCUT2D eigenvalue weighted by molar-refractivity contribution is 7.99. The fourth-order valence-electron chi connectivity index (χ4n) is 1.48. The van der Waals surface area contributed by atoms with Crippen molar-refractivity contribution < 1.29 is 4.79 Å². The summed E-state index contributed by atoms with van der Waals surface area (Å²) in [7, 11) is 0. The van der Waals surface area contributed by atoms with Gasteiger partial charge in [0.05, 0.1) is 12.6 Å². The van der Waals surface area contributed by atoms with E-state index in [2.05, 4.69) is 41.6 Å². The topological polar surface area (TPSA) is 66.9 Å². The van der Waals surface area contributed by atoms with Gasteiger partial charge < -0.3 is 5.32 Å². The number of thioether (sulfide) groups is 1. The summed E-state index contributed by atoms with van der Waals surface area (Å²) < 4.78 is 0. The van der Waals surface area contributed by atoms with Crippen LogP contribution in [-0.4, -0.2) is 33.8 Å². The maximum Gasteiger partial charge on any atom is 0.238 e. The van der Waals surface area contributed by atoms with Crippen LogP contribution in [0.3, 0.4) is 0 Å². The van der Waals surface area contributed by atoms with Crippen molar-refractivity contribution in [2.24, 2.45) is 0 Å². The molecule has 2 heterocycles. The van der Waals surface area contributed by atoms with E-state index in [0.717, 1.165) is 21.6 Å². The van der Waals surface area contributed by atoms with Crippen LogP contribution in [0.1, 0.15) is 30.8 Å². The fraction of sp³-hybridized carbons (Fsp3) is 0.727. The van der Waals surface area contributed by atoms with Crippen LogP contribution in [0.25, 0.3) is 0 Å². The molecule has 0 aliphatic carbocycles. The Morgan fingerprint density at radius 2 is 2.28 bits per heavy atom. The predicted octanol–water partition coefficient (Wildman–Crippen LogP) is 1.11. The SMILES string of the molecule is CC(C)(C)c1nnc(CNC(=O)C2CSCN2)s1. The van der Waals surface area contributed by atoms with Crippen molar-refractivity contribution in [2.45, 2.75) is 38.8 Å². The van der Waals surface area contributed by atoms with Crippen LogP contribution in [-0.2, 0) is 16.8 Å². The van der Waals surface area contributed by atoms with Gasteiger partial charge in [-0.1, -0.05) is 32.1 Å². The molecule has 1 aliphatic heterocycles. The van der Waals surface area contributed by atoms with Crippen LogP contribution in [0.5, 0.6) is 0 Å². The number of aromatic nitrogens is 2. The third kappa shape index (κ3) is 3.43. The molecule has 0 spiro atoms. The zero-order chi connectivity index (χ0) is 13.2. The minimum atomic E-state index is -0.0648. The largest absolute Gasteiger partial charge is 0.348 e. The molecule has 5 nitrogen and oxygen atoms in total. The Morgan fingerprint density at radius 3 is 2.83 bits per heavy atom. The summed E-state index contributed by atoms with van der Waals surface area (Å²) in [5.41, 5.74) is 0.0174. The minimum absolute atomic E-state index is 0.0174. The highest BCUT2D eigenvalue weighted by Crippen LogP contribution is 2.25. The van der Waals surface area contributed by atoms with Crippen LogP contribution >= 0.6 is 23.1 Å². The molecule has 1 aliphatic rings. The highest BCUT2D eigenvalue weighted by atomic mass is 32.2. The van der Waals surface area contributed by atoms with Gasteiger partial charge >= 0.3 is 0 Å². The van der Waals surface area contributed by atoms with E-state index in [-0.39, 0.29) is 17.4 Å². The molecule has 2 N–H and O–H groups in total. The van der Waals surface area contributed by atoms with Gasteiger partial charge in [-0.2, -0.15) is 0 Å². The molecule has 18 heavy (non-hydrogen) atoms. The van der Waals surface area contributed by atoms with Crippen molar-refractivity contribution in [3.63, 3.8) is 0 Å². The van der Waals surface area contributed by atoms with E-state index in [1.165, 1.54) is 0 Å². The minimum Gasteiger partial charge on any atom is -0.348 e. The molecule has 7 heteroatoms. The van der Waals surface area contributed by atoms with Crippen LogP contribution < -0.4 is 10.6 Å². The van der Waals surface area contributed by atoms with Gasteiger partial charge in [0, 0.05) is 17.0 Å². The van der Waals surface area contributed by atoms with Gasteiger partial charge in [-0.3, -0.25) is 10.1 Å². The van der Waals surface area contributed by atoms with Crippen molar-refractivity contribution in [2.75, 3.05) is 11.6 Å². The lowest BCUT2D eigenvalue weighted by Crippen LogP contribution is -2.41. The van der Waals surface area contributed by atoms with Crippen LogP contribution in [0.4, 0.5) is 0 Å². The molecule has 0 aromatic carbocycles. The predicted molar refractivity (Wildman–Crippen MR) is 74.7 cm³/mol. The van der Waals surface area contributed by atoms with Gasteiger partial charge in [-0.25, -0.2) is 0 Å². The number of rotatable bonds is 3. The number of hydrogen-bond acceptors (Lipinski definition) is 6. The van der Waals surface area contributed by atoms with Crippen molar-refractivity contribution in [3.8, 4) is 0 Å². The summed E-state index contributed by atoms with van der Waals surface area (Å²) >= 11 is 3.30. The molecule has 100 valence electrons. The Bertz CT molecular complexity index is 421. The molecular formula is C11H18N4OS2. The van der Waals surface area contributed by atoms with E-state index >= 15 is 0 Å². The van der Waals surface area contributed by atoms with Gasteiger partial charge in [0.15, 0.2) is 0 Å². The lowest BCUT2D eigenvalue weighted by atomic mass is 9.98. The molecule has 1 fully saturated rings. The monoisotopic (exact) mass is 286 g/mol. The van der Waals surface area contributed by atoms with Crippen LogP contribution in [0.15, 0.2) is 0 Å². The maximum atomic E-state index is 11.8. The molecule has 0 radical (unpaired) electrons. The summed E-state index contributed by atoms with van der Waals surface area (Å²) in [6.45, 7) is 6.79. The van der Waals surface area contributed by atoms with Gasteiger partial charge in [-0.05, 0) is 0 Å². The molecule has 1 atom stereocenters. The second-order valence-electron chi connectivity index (χ2n) is 5.24. The van der Waals surface area contributed by atoms with E-state index in [0.29, 0.717) is 6.54 Å². The van der Waals surface area contributed by atoms with Crippen molar-refractivity contribution in [1.82, 2.24) is 20.8 Å². The summed E-state index contributed by atoms with van der Waals surface area (Å²) in [5, 5.41) is 16.2. The second-order valence-corrected chi connectivity index (χ2v) is 7.33. The third-order valence-corrected chi connectivity index (χ3v) is 4.84. The Morgan fingerprint density at radius 1 is 1.50 bits per heavy atom. The summed E-state index contributed by atoms with van der Waals surface area (Å²) in [4.78, 5) is 11.8. The number of carbonyl (C=O) groups is 1. The first-order valence-corrected chi connectivity index (χ1v) is 7.85. The van der Waals surface area contributed by atoms with E-state index < -0.39 is 0 Å². The summed E-state index contributed by atoms with van der Waals surface area (Å²) in [6.07, 6.45) is 0. The van der Waals surface area contributed by atoms with Crippen LogP contribution in [0, 0.1) is 0 Å². The van der Waals surface area contributed by atoms with Crippen molar-refractivity contribution >= 4 is 29.0 Å². The number of carbonyl (C=O) groups excluding carboxylic acids is 1. The Balaban J connectivity index is 1.86. The molecule has 1 unspecified atom stereocenters. The van der Waals surface area contributed by atoms with Crippen LogP contribution in [0.2, 0.25) is 0 Å². The van der Waals surface area contributed by atoms with E-state index in [1.807, 2.05) is 0 Å².